The SMILES string of the molecule is Cc1ncnc2c(OCCOCCOCCNC(=O)OC(C)(C)C)cc(Br)cc12. The van der Waals surface area contributed by atoms with Crippen molar-refractivity contribution in [3.63, 3.8) is 0 Å². The van der Waals surface area contributed by atoms with Crippen LogP contribution in [0.2, 0.25) is 0 Å². The van der Waals surface area contributed by atoms with Gasteiger partial charge in [0.1, 0.15) is 29.8 Å². The summed E-state index contributed by atoms with van der Waals surface area (Å²) in [4.78, 5) is 20.0. The third kappa shape index (κ3) is 8.51. The number of hydrogen-bond acceptors (Lipinski definition) is 7. The number of aromatic nitrogens is 2. The van der Waals surface area contributed by atoms with Crippen LogP contribution in [0.5, 0.6) is 5.75 Å². The Hall–Kier alpha value is -1.97. The molecule has 1 heterocycles. The van der Waals surface area contributed by atoms with Crippen LogP contribution < -0.4 is 10.1 Å². The molecule has 0 bridgehead atoms. The molecule has 1 amide bonds. The number of rotatable bonds is 10. The molecule has 9 heteroatoms. The average Bonchev–Trinajstić information content (AvgIpc) is 2.62. The maximum absolute atomic E-state index is 11.5. The van der Waals surface area contributed by atoms with Gasteiger partial charge < -0.3 is 24.3 Å². The fraction of sp³-hybridized carbons (Fsp3) is 0.550. The zero-order chi connectivity index (χ0) is 21.3. The van der Waals surface area contributed by atoms with Crippen molar-refractivity contribution in [1.82, 2.24) is 15.3 Å². The highest BCUT2D eigenvalue weighted by Crippen LogP contribution is 2.29. The van der Waals surface area contributed by atoms with Crippen LogP contribution in [0.4, 0.5) is 4.79 Å². The van der Waals surface area contributed by atoms with Crippen LogP contribution in [0.1, 0.15) is 26.5 Å². The number of carbonyl (C=O) groups is 1. The Morgan fingerprint density at radius 3 is 2.48 bits per heavy atom. The first-order valence-electron chi connectivity index (χ1n) is 9.42. The van der Waals surface area contributed by atoms with E-state index in [-0.39, 0.29) is 0 Å². The topological polar surface area (TPSA) is 91.8 Å². The van der Waals surface area contributed by atoms with Crippen molar-refractivity contribution < 1.29 is 23.7 Å². The summed E-state index contributed by atoms with van der Waals surface area (Å²) in [6.45, 7) is 9.86. The molecule has 160 valence electrons. The van der Waals surface area contributed by atoms with Crippen LogP contribution >= 0.6 is 15.9 Å². The zero-order valence-electron chi connectivity index (χ0n) is 17.3. The number of nitrogens with one attached hydrogen (secondary N) is 1. The van der Waals surface area contributed by atoms with E-state index in [4.69, 9.17) is 18.9 Å². The molecular formula is C20H28BrN3O5. The zero-order valence-corrected chi connectivity index (χ0v) is 18.9. The van der Waals surface area contributed by atoms with Gasteiger partial charge in [0.25, 0.3) is 0 Å². The lowest BCUT2D eigenvalue weighted by atomic mass is 10.2. The minimum atomic E-state index is -0.505. The first-order chi connectivity index (χ1) is 13.8. The quantitative estimate of drug-likeness (QED) is 0.530. The van der Waals surface area contributed by atoms with Crippen LogP contribution in [0.3, 0.4) is 0 Å². The highest BCUT2D eigenvalue weighted by atomic mass is 79.9. The van der Waals surface area contributed by atoms with Gasteiger partial charge in [-0.05, 0) is 39.8 Å². The van der Waals surface area contributed by atoms with E-state index in [1.165, 1.54) is 6.33 Å². The van der Waals surface area contributed by atoms with E-state index < -0.39 is 11.7 Å². The molecule has 0 spiro atoms. The van der Waals surface area contributed by atoms with E-state index in [2.05, 4.69) is 31.2 Å². The van der Waals surface area contributed by atoms with Gasteiger partial charge >= 0.3 is 6.09 Å². The third-order valence-electron chi connectivity index (χ3n) is 3.64. The largest absolute Gasteiger partial charge is 0.489 e. The highest BCUT2D eigenvalue weighted by Gasteiger charge is 2.15. The Balaban J connectivity index is 1.58. The predicted octanol–water partition coefficient (Wildman–Crippen LogP) is 3.64. The summed E-state index contributed by atoms with van der Waals surface area (Å²) in [5.74, 6) is 0.688. The second-order valence-electron chi connectivity index (χ2n) is 7.26. The van der Waals surface area contributed by atoms with Gasteiger partial charge in [-0.15, -0.1) is 0 Å². The van der Waals surface area contributed by atoms with Gasteiger partial charge in [0.15, 0.2) is 0 Å². The number of fused-ring (bicyclic) bond motifs is 1. The lowest BCUT2D eigenvalue weighted by Crippen LogP contribution is -2.34. The molecule has 0 aliphatic carbocycles. The van der Waals surface area contributed by atoms with Crippen molar-refractivity contribution in [1.29, 1.82) is 0 Å². The molecular weight excluding hydrogens is 442 g/mol. The molecule has 0 unspecified atom stereocenters. The van der Waals surface area contributed by atoms with Crippen molar-refractivity contribution in [2.24, 2.45) is 0 Å². The molecule has 0 saturated carbocycles. The molecule has 0 fully saturated rings. The molecule has 1 aromatic carbocycles. The molecule has 0 aliphatic rings. The van der Waals surface area contributed by atoms with E-state index >= 15 is 0 Å². The van der Waals surface area contributed by atoms with Gasteiger partial charge in [-0.25, -0.2) is 14.8 Å². The van der Waals surface area contributed by atoms with Crippen LogP contribution in [0.15, 0.2) is 22.9 Å². The average molecular weight is 470 g/mol. The van der Waals surface area contributed by atoms with Gasteiger partial charge in [0.05, 0.1) is 26.4 Å². The number of hydrogen-bond donors (Lipinski definition) is 1. The molecule has 0 atom stereocenters. The van der Waals surface area contributed by atoms with Gasteiger partial charge in [-0.1, -0.05) is 15.9 Å². The minimum absolute atomic E-state index is 0.384. The number of amides is 1. The van der Waals surface area contributed by atoms with Crippen molar-refractivity contribution in [3.05, 3.63) is 28.6 Å². The van der Waals surface area contributed by atoms with Gasteiger partial charge in [-0.3, -0.25) is 0 Å². The van der Waals surface area contributed by atoms with Crippen LogP contribution in [-0.2, 0) is 14.2 Å². The Kier molecular flexibility index (Phi) is 9.06. The standard InChI is InChI=1S/C20H28BrN3O5/c1-14-16-11-15(21)12-17(18(16)24-13-23-14)28-10-9-27-8-7-26-6-5-22-19(25)29-20(2,3)4/h11-13H,5-10H2,1-4H3,(H,22,25). The summed E-state index contributed by atoms with van der Waals surface area (Å²) in [5, 5.41) is 3.58. The smallest absolute Gasteiger partial charge is 0.407 e. The van der Waals surface area contributed by atoms with Crippen LogP contribution in [0, 0.1) is 6.92 Å². The Morgan fingerprint density at radius 2 is 1.76 bits per heavy atom. The molecule has 0 radical (unpaired) electrons. The molecule has 0 saturated heterocycles. The monoisotopic (exact) mass is 469 g/mol. The van der Waals surface area contributed by atoms with Crippen LogP contribution in [0.25, 0.3) is 10.9 Å². The Labute approximate surface area is 179 Å². The fourth-order valence-corrected chi connectivity index (χ4v) is 2.84. The van der Waals surface area contributed by atoms with Crippen LogP contribution in [-0.4, -0.2) is 61.2 Å². The maximum atomic E-state index is 11.5. The van der Waals surface area contributed by atoms with Crippen molar-refractivity contribution in [3.8, 4) is 5.75 Å². The predicted molar refractivity (Wildman–Crippen MR) is 113 cm³/mol. The second kappa shape index (κ2) is 11.3. The molecule has 0 aliphatic heterocycles. The van der Waals surface area contributed by atoms with E-state index in [1.807, 2.05) is 39.8 Å². The summed E-state index contributed by atoms with van der Waals surface area (Å²) in [6.07, 6.45) is 1.08. The van der Waals surface area contributed by atoms with Gasteiger partial charge in [0, 0.05) is 22.1 Å². The summed E-state index contributed by atoms with van der Waals surface area (Å²) in [6, 6.07) is 3.86. The third-order valence-corrected chi connectivity index (χ3v) is 4.10. The summed E-state index contributed by atoms with van der Waals surface area (Å²) in [7, 11) is 0. The lowest BCUT2D eigenvalue weighted by Gasteiger charge is -2.19. The number of nitrogens with zero attached hydrogens (tertiary/aromatic N) is 2. The summed E-state index contributed by atoms with van der Waals surface area (Å²) in [5.41, 5.74) is 1.17. The molecule has 2 aromatic rings. The molecule has 29 heavy (non-hydrogen) atoms. The highest BCUT2D eigenvalue weighted by molar-refractivity contribution is 9.10. The van der Waals surface area contributed by atoms with E-state index in [0.29, 0.717) is 45.3 Å². The van der Waals surface area contributed by atoms with Crippen molar-refractivity contribution in [2.75, 3.05) is 39.6 Å². The number of carbonyl (C=O) groups excluding carboxylic acids is 1. The minimum Gasteiger partial charge on any atom is -0.489 e. The summed E-state index contributed by atoms with van der Waals surface area (Å²) < 4.78 is 22.8. The number of alkyl carbamates (subject to hydrolysis) is 1. The second-order valence-corrected chi connectivity index (χ2v) is 8.18. The first-order valence-corrected chi connectivity index (χ1v) is 10.2. The van der Waals surface area contributed by atoms with Gasteiger partial charge in [0.2, 0.25) is 0 Å². The molecule has 1 N–H and O–H groups in total. The number of benzene rings is 1. The van der Waals surface area contributed by atoms with Crippen molar-refractivity contribution in [2.45, 2.75) is 33.3 Å². The maximum Gasteiger partial charge on any atom is 0.407 e. The molecule has 8 nitrogen and oxygen atoms in total. The van der Waals surface area contributed by atoms with E-state index in [9.17, 15) is 4.79 Å². The number of halogens is 1. The Morgan fingerprint density at radius 1 is 1.07 bits per heavy atom. The number of aryl methyl sites for hydroxylation is 1. The fourth-order valence-electron chi connectivity index (χ4n) is 2.41. The van der Waals surface area contributed by atoms with E-state index in [1.54, 1.807) is 0 Å². The number of ether oxygens (including phenoxy) is 4. The lowest BCUT2D eigenvalue weighted by molar-refractivity contribution is 0.0329. The molecule has 1 aromatic heterocycles. The normalized spacial score (nSPS) is 11.5. The van der Waals surface area contributed by atoms with Crippen molar-refractivity contribution >= 4 is 32.9 Å². The molecule has 2 rings (SSSR count). The van der Waals surface area contributed by atoms with Gasteiger partial charge in [-0.2, -0.15) is 0 Å². The van der Waals surface area contributed by atoms with E-state index in [0.717, 1.165) is 21.1 Å². The summed E-state index contributed by atoms with van der Waals surface area (Å²) >= 11 is 3.49. The first kappa shape index (κ1) is 23.3. The Bertz CT molecular complexity index is 811.